The normalized spacial score (nSPS) is 26.4. The van der Waals surface area contributed by atoms with Crippen LogP contribution in [-0.4, -0.2) is 77.9 Å². The Hall–Kier alpha value is -2.62. The lowest BCUT2D eigenvalue weighted by molar-refractivity contribution is -0.136. The van der Waals surface area contributed by atoms with Gasteiger partial charge in [0, 0.05) is 45.2 Å². The van der Waals surface area contributed by atoms with Crippen molar-refractivity contribution in [2.45, 2.75) is 50.4 Å². The van der Waals surface area contributed by atoms with Gasteiger partial charge in [-0.25, -0.2) is 0 Å². The quantitative estimate of drug-likeness (QED) is 0.619. The minimum atomic E-state index is -0.947. The molecule has 0 aromatic heterocycles. The maximum absolute atomic E-state index is 13.3. The molecule has 4 aliphatic heterocycles. The predicted octanol–water partition coefficient (Wildman–Crippen LogP) is 0.0406. The van der Waals surface area contributed by atoms with Gasteiger partial charge in [0.1, 0.15) is 6.04 Å². The molecule has 4 heterocycles. The molecular formula is C22H26N4O5. The van der Waals surface area contributed by atoms with Crippen molar-refractivity contribution in [1.29, 1.82) is 0 Å². The van der Waals surface area contributed by atoms with Crippen molar-refractivity contribution in [3.05, 3.63) is 34.9 Å². The molecule has 9 heteroatoms. The Morgan fingerprint density at radius 3 is 2.61 bits per heavy atom. The molecular weight excluding hydrogens is 400 g/mol. The van der Waals surface area contributed by atoms with Crippen LogP contribution in [0, 0.1) is 0 Å². The second-order valence-corrected chi connectivity index (χ2v) is 8.66. The third-order valence-corrected chi connectivity index (χ3v) is 6.67. The molecule has 0 radical (unpaired) electrons. The highest BCUT2D eigenvalue weighted by atomic mass is 16.5. The van der Waals surface area contributed by atoms with E-state index >= 15 is 0 Å². The summed E-state index contributed by atoms with van der Waals surface area (Å²) in [4.78, 5) is 53.5. The van der Waals surface area contributed by atoms with E-state index in [1.165, 1.54) is 0 Å². The van der Waals surface area contributed by atoms with E-state index in [-0.39, 0.29) is 24.9 Å². The highest BCUT2D eigenvalue weighted by molar-refractivity contribution is 6.24. The number of ether oxygens (including phenoxy) is 1. The number of piperidine rings is 1. The van der Waals surface area contributed by atoms with E-state index in [9.17, 15) is 19.2 Å². The molecule has 3 fully saturated rings. The zero-order valence-electron chi connectivity index (χ0n) is 17.3. The summed E-state index contributed by atoms with van der Waals surface area (Å²) in [5.41, 5.74) is 1.49. The Morgan fingerprint density at radius 1 is 1.10 bits per heavy atom. The molecule has 5 rings (SSSR count). The molecule has 0 bridgehead atoms. The fourth-order valence-electron chi connectivity index (χ4n) is 4.86. The monoisotopic (exact) mass is 426 g/mol. The van der Waals surface area contributed by atoms with Gasteiger partial charge in [-0.2, -0.15) is 0 Å². The van der Waals surface area contributed by atoms with Gasteiger partial charge in [0.05, 0.1) is 17.2 Å². The number of nitrogens with one attached hydrogen (secondary N) is 2. The van der Waals surface area contributed by atoms with Crippen molar-refractivity contribution in [2.24, 2.45) is 0 Å². The SMILES string of the molecule is O=C1CCC(N2C(=O)c3cccc(CN(CC4CCCO4)C4CNC4)c3C2=O)C(=O)N1. The lowest BCUT2D eigenvalue weighted by Gasteiger charge is -2.39. The molecule has 9 nitrogen and oxygen atoms in total. The first-order chi connectivity index (χ1) is 15.0. The fraction of sp³-hybridized carbons (Fsp3) is 0.545. The summed E-state index contributed by atoms with van der Waals surface area (Å²) >= 11 is 0. The lowest BCUT2D eigenvalue weighted by atomic mass is 10.0. The van der Waals surface area contributed by atoms with E-state index in [0.29, 0.717) is 23.7 Å². The van der Waals surface area contributed by atoms with Crippen LogP contribution in [0.2, 0.25) is 0 Å². The Morgan fingerprint density at radius 2 is 1.94 bits per heavy atom. The van der Waals surface area contributed by atoms with Crippen molar-refractivity contribution >= 4 is 23.6 Å². The van der Waals surface area contributed by atoms with Crippen LogP contribution in [0.1, 0.15) is 52.0 Å². The Kier molecular flexibility index (Phi) is 5.33. The zero-order valence-corrected chi connectivity index (χ0v) is 17.3. The molecule has 0 saturated carbocycles. The number of imide groups is 2. The smallest absolute Gasteiger partial charge is 0.262 e. The number of fused-ring (bicyclic) bond motifs is 1. The van der Waals surface area contributed by atoms with E-state index in [1.54, 1.807) is 12.1 Å². The van der Waals surface area contributed by atoms with E-state index in [0.717, 1.165) is 49.5 Å². The van der Waals surface area contributed by atoms with Gasteiger partial charge < -0.3 is 10.1 Å². The van der Waals surface area contributed by atoms with Crippen molar-refractivity contribution in [3.8, 4) is 0 Å². The minimum Gasteiger partial charge on any atom is -0.377 e. The third kappa shape index (κ3) is 3.66. The van der Waals surface area contributed by atoms with Gasteiger partial charge >= 0.3 is 0 Å². The van der Waals surface area contributed by atoms with Gasteiger partial charge in [0.15, 0.2) is 0 Å². The topological polar surface area (TPSA) is 108 Å². The molecule has 31 heavy (non-hydrogen) atoms. The van der Waals surface area contributed by atoms with Crippen LogP contribution in [0.15, 0.2) is 18.2 Å². The van der Waals surface area contributed by atoms with Crippen molar-refractivity contribution < 1.29 is 23.9 Å². The van der Waals surface area contributed by atoms with Crippen LogP contribution in [-0.2, 0) is 20.9 Å². The maximum Gasteiger partial charge on any atom is 0.262 e. The molecule has 1 aromatic rings. The zero-order chi connectivity index (χ0) is 21.5. The summed E-state index contributed by atoms with van der Waals surface area (Å²) in [6.07, 6.45) is 2.56. The molecule has 4 amide bonds. The van der Waals surface area contributed by atoms with Crippen LogP contribution >= 0.6 is 0 Å². The van der Waals surface area contributed by atoms with Crippen LogP contribution < -0.4 is 10.6 Å². The summed E-state index contributed by atoms with van der Waals surface area (Å²) in [6.45, 7) is 3.89. The molecule has 4 aliphatic rings. The number of benzene rings is 1. The lowest BCUT2D eigenvalue weighted by Crippen LogP contribution is -2.58. The summed E-state index contributed by atoms with van der Waals surface area (Å²) in [6, 6.07) is 4.72. The molecule has 3 saturated heterocycles. The first-order valence-corrected chi connectivity index (χ1v) is 10.9. The van der Waals surface area contributed by atoms with Gasteiger partial charge in [0.25, 0.3) is 11.8 Å². The van der Waals surface area contributed by atoms with Gasteiger partial charge in [-0.1, -0.05) is 12.1 Å². The van der Waals surface area contributed by atoms with Crippen LogP contribution in [0.25, 0.3) is 0 Å². The Bertz CT molecular complexity index is 938. The maximum atomic E-state index is 13.3. The second-order valence-electron chi connectivity index (χ2n) is 8.66. The Balaban J connectivity index is 1.40. The van der Waals surface area contributed by atoms with Crippen LogP contribution in [0.4, 0.5) is 0 Å². The minimum absolute atomic E-state index is 0.112. The standard InChI is InChI=1S/C22H26N4O5/c27-18-7-6-17(20(28)24-18)26-21(29)16-5-1-3-13(19(16)22(26)30)11-25(14-9-23-10-14)12-15-4-2-8-31-15/h1,3,5,14-15,17,23H,2,4,6-12H2,(H,24,27,28). The number of hydrogen-bond donors (Lipinski definition) is 2. The summed E-state index contributed by atoms with van der Waals surface area (Å²) in [5.74, 6) is -1.88. The molecule has 2 atom stereocenters. The summed E-state index contributed by atoms with van der Waals surface area (Å²) < 4.78 is 5.82. The fourth-order valence-corrected chi connectivity index (χ4v) is 4.86. The number of rotatable bonds is 6. The van der Waals surface area contributed by atoms with E-state index in [4.69, 9.17) is 4.74 Å². The summed E-state index contributed by atoms with van der Waals surface area (Å²) in [5, 5.41) is 5.53. The van der Waals surface area contributed by atoms with E-state index < -0.39 is 23.8 Å². The average molecular weight is 426 g/mol. The van der Waals surface area contributed by atoms with Crippen LogP contribution in [0.5, 0.6) is 0 Å². The molecule has 164 valence electrons. The van der Waals surface area contributed by atoms with Crippen molar-refractivity contribution in [3.63, 3.8) is 0 Å². The number of hydrogen-bond acceptors (Lipinski definition) is 7. The molecule has 0 spiro atoms. The molecule has 0 aliphatic carbocycles. The average Bonchev–Trinajstić information content (AvgIpc) is 3.29. The first kappa shape index (κ1) is 20.3. The van der Waals surface area contributed by atoms with Crippen LogP contribution in [0.3, 0.4) is 0 Å². The van der Waals surface area contributed by atoms with Crippen molar-refractivity contribution in [1.82, 2.24) is 20.4 Å². The van der Waals surface area contributed by atoms with Gasteiger partial charge in [-0.15, -0.1) is 0 Å². The highest BCUT2D eigenvalue weighted by Crippen LogP contribution is 2.31. The van der Waals surface area contributed by atoms with E-state index in [1.807, 2.05) is 6.07 Å². The van der Waals surface area contributed by atoms with Gasteiger partial charge in [0.2, 0.25) is 11.8 Å². The van der Waals surface area contributed by atoms with E-state index in [2.05, 4.69) is 15.5 Å². The van der Waals surface area contributed by atoms with Gasteiger partial charge in [-0.3, -0.25) is 34.3 Å². The molecule has 1 aromatic carbocycles. The number of carbonyl (C=O) groups excluding carboxylic acids is 4. The predicted molar refractivity (Wildman–Crippen MR) is 109 cm³/mol. The highest BCUT2D eigenvalue weighted by Gasteiger charge is 2.45. The largest absolute Gasteiger partial charge is 0.377 e. The number of nitrogens with zero attached hydrogens (tertiary/aromatic N) is 2. The number of amides is 4. The Labute approximate surface area is 180 Å². The molecule has 2 N–H and O–H groups in total. The third-order valence-electron chi connectivity index (χ3n) is 6.67. The first-order valence-electron chi connectivity index (χ1n) is 10.9. The van der Waals surface area contributed by atoms with Crippen molar-refractivity contribution in [2.75, 3.05) is 26.2 Å². The summed E-state index contributed by atoms with van der Waals surface area (Å²) in [7, 11) is 0. The number of carbonyl (C=O) groups is 4. The van der Waals surface area contributed by atoms with Gasteiger partial charge in [-0.05, 0) is 30.9 Å². The molecule has 2 unspecified atom stereocenters. The second kappa shape index (κ2) is 8.14.